The summed E-state index contributed by atoms with van der Waals surface area (Å²) < 4.78 is 0. The molecule has 2 unspecified atom stereocenters. The third-order valence-electron chi connectivity index (χ3n) is 4.12. The smallest absolute Gasteiger partial charge is 0.224 e. The van der Waals surface area contributed by atoms with Crippen molar-refractivity contribution in [3.05, 3.63) is 35.4 Å². The van der Waals surface area contributed by atoms with Gasteiger partial charge >= 0.3 is 0 Å². The summed E-state index contributed by atoms with van der Waals surface area (Å²) >= 11 is 0. The highest BCUT2D eigenvalue weighted by atomic mass is 35.5. The lowest BCUT2D eigenvalue weighted by atomic mass is 9.87. The van der Waals surface area contributed by atoms with Gasteiger partial charge in [-0.05, 0) is 43.4 Å². The van der Waals surface area contributed by atoms with E-state index in [2.05, 4.69) is 34.9 Å². The molecule has 1 aliphatic carbocycles. The molecule has 2 N–H and O–H groups in total. The Morgan fingerprint density at radius 1 is 1.26 bits per heavy atom. The Morgan fingerprint density at radius 2 is 2.11 bits per heavy atom. The Balaban J connectivity index is 0.00000133. The van der Waals surface area contributed by atoms with E-state index in [4.69, 9.17) is 0 Å². The fraction of sp³-hybridized carbons (Fsp3) is 0.533. The van der Waals surface area contributed by atoms with Crippen LogP contribution in [0.15, 0.2) is 24.3 Å². The minimum Gasteiger partial charge on any atom is -0.349 e. The molecule has 104 valence electrons. The lowest BCUT2D eigenvalue weighted by Gasteiger charge is -2.27. The standard InChI is InChI=1S/C15H20N2O.ClH/c18-15(12-8-9-16-10-12)17-14-7-3-5-11-4-1-2-6-13(11)14;/h1-2,4,6,12,14,16H,3,5,7-10H2,(H,17,18);1H. The van der Waals surface area contributed by atoms with Crippen LogP contribution in [0.2, 0.25) is 0 Å². The SMILES string of the molecule is Cl.O=C(NC1CCCc2ccccc21)C1CCNC1. The van der Waals surface area contributed by atoms with E-state index in [1.165, 1.54) is 17.5 Å². The third kappa shape index (κ3) is 3.10. The predicted octanol–water partition coefficient (Wildman–Crippen LogP) is 2.21. The highest BCUT2D eigenvalue weighted by Gasteiger charge is 2.27. The van der Waals surface area contributed by atoms with Crippen LogP contribution in [0.4, 0.5) is 0 Å². The minimum absolute atomic E-state index is 0. The normalized spacial score (nSPS) is 25.3. The molecule has 3 rings (SSSR count). The molecule has 0 radical (unpaired) electrons. The molecule has 4 heteroatoms. The van der Waals surface area contributed by atoms with Gasteiger partial charge in [-0.25, -0.2) is 0 Å². The topological polar surface area (TPSA) is 41.1 Å². The molecule has 19 heavy (non-hydrogen) atoms. The van der Waals surface area contributed by atoms with Gasteiger partial charge in [-0.1, -0.05) is 24.3 Å². The zero-order chi connectivity index (χ0) is 12.4. The van der Waals surface area contributed by atoms with Gasteiger partial charge in [-0.3, -0.25) is 4.79 Å². The van der Waals surface area contributed by atoms with Gasteiger partial charge in [-0.15, -0.1) is 12.4 Å². The summed E-state index contributed by atoms with van der Waals surface area (Å²) in [5.41, 5.74) is 2.72. The maximum absolute atomic E-state index is 12.2. The molecule has 0 saturated carbocycles. The van der Waals surface area contributed by atoms with Crippen molar-refractivity contribution in [3.63, 3.8) is 0 Å². The number of benzene rings is 1. The van der Waals surface area contributed by atoms with E-state index >= 15 is 0 Å². The van der Waals surface area contributed by atoms with Gasteiger partial charge in [0.15, 0.2) is 0 Å². The Hall–Kier alpha value is -1.06. The van der Waals surface area contributed by atoms with E-state index in [1.807, 2.05) is 0 Å². The molecule has 0 spiro atoms. The molecule has 0 aromatic heterocycles. The average molecular weight is 281 g/mol. The molecule has 1 aliphatic heterocycles. The van der Waals surface area contributed by atoms with Gasteiger partial charge < -0.3 is 10.6 Å². The van der Waals surface area contributed by atoms with E-state index in [0.717, 1.165) is 32.4 Å². The van der Waals surface area contributed by atoms with Crippen molar-refractivity contribution in [1.82, 2.24) is 10.6 Å². The van der Waals surface area contributed by atoms with Gasteiger partial charge in [-0.2, -0.15) is 0 Å². The number of hydrogen-bond acceptors (Lipinski definition) is 2. The summed E-state index contributed by atoms with van der Waals surface area (Å²) in [6, 6.07) is 8.73. The fourth-order valence-electron chi connectivity index (χ4n) is 3.07. The Bertz CT molecular complexity index is 444. The lowest BCUT2D eigenvalue weighted by molar-refractivity contribution is -0.125. The zero-order valence-electron chi connectivity index (χ0n) is 11.0. The molecule has 0 bridgehead atoms. The lowest BCUT2D eigenvalue weighted by Crippen LogP contribution is -2.36. The number of carbonyl (C=O) groups is 1. The molecule has 1 fully saturated rings. The molecule has 2 aliphatic rings. The second-order valence-electron chi connectivity index (χ2n) is 5.34. The van der Waals surface area contributed by atoms with Crippen molar-refractivity contribution in [1.29, 1.82) is 0 Å². The number of nitrogens with one attached hydrogen (secondary N) is 2. The number of hydrogen-bond donors (Lipinski definition) is 2. The predicted molar refractivity (Wildman–Crippen MR) is 78.5 cm³/mol. The van der Waals surface area contributed by atoms with Gasteiger partial charge in [0, 0.05) is 6.54 Å². The van der Waals surface area contributed by atoms with Crippen LogP contribution in [0, 0.1) is 5.92 Å². The van der Waals surface area contributed by atoms with E-state index < -0.39 is 0 Å². The monoisotopic (exact) mass is 280 g/mol. The van der Waals surface area contributed by atoms with Gasteiger partial charge in [0.25, 0.3) is 0 Å². The van der Waals surface area contributed by atoms with E-state index in [9.17, 15) is 4.79 Å². The first-order chi connectivity index (χ1) is 8.84. The number of fused-ring (bicyclic) bond motifs is 1. The maximum atomic E-state index is 12.2. The van der Waals surface area contributed by atoms with Crippen molar-refractivity contribution in [2.75, 3.05) is 13.1 Å². The number of rotatable bonds is 2. The van der Waals surface area contributed by atoms with Crippen LogP contribution in [0.3, 0.4) is 0 Å². The summed E-state index contributed by atoms with van der Waals surface area (Å²) in [4.78, 5) is 12.2. The summed E-state index contributed by atoms with van der Waals surface area (Å²) in [5.74, 6) is 0.390. The van der Waals surface area contributed by atoms with Gasteiger partial charge in [0.1, 0.15) is 0 Å². The molecular weight excluding hydrogens is 260 g/mol. The molecule has 3 nitrogen and oxygen atoms in total. The number of halogens is 1. The molecule has 2 atom stereocenters. The van der Waals surface area contributed by atoms with Crippen LogP contribution in [-0.4, -0.2) is 19.0 Å². The van der Waals surface area contributed by atoms with Crippen molar-refractivity contribution in [2.24, 2.45) is 5.92 Å². The second kappa shape index (κ2) is 6.40. The zero-order valence-corrected chi connectivity index (χ0v) is 11.8. The van der Waals surface area contributed by atoms with Crippen LogP contribution in [-0.2, 0) is 11.2 Å². The Kier molecular flexibility index (Phi) is 4.83. The first kappa shape index (κ1) is 14.4. The quantitative estimate of drug-likeness (QED) is 0.872. The number of aryl methyl sites for hydroxylation is 1. The molecule has 1 aromatic carbocycles. The Labute approximate surface area is 120 Å². The molecule has 1 amide bonds. The summed E-state index contributed by atoms with van der Waals surface area (Å²) in [5, 5.41) is 6.49. The van der Waals surface area contributed by atoms with Crippen LogP contribution < -0.4 is 10.6 Å². The molecular formula is C15H21ClN2O. The maximum Gasteiger partial charge on any atom is 0.224 e. The largest absolute Gasteiger partial charge is 0.349 e. The van der Waals surface area contributed by atoms with E-state index in [0.29, 0.717) is 0 Å². The van der Waals surface area contributed by atoms with Crippen LogP contribution >= 0.6 is 12.4 Å². The summed E-state index contributed by atoms with van der Waals surface area (Å²) in [6.07, 6.45) is 4.36. The van der Waals surface area contributed by atoms with Crippen molar-refractivity contribution in [3.8, 4) is 0 Å². The Morgan fingerprint density at radius 3 is 2.89 bits per heavy atom. The fourth-order valence-corrected chi connectivity index (χ4v) is 3.07. The summed E-state index contributed by atoms with van der Waals surface area (Å²) in [6.45, 7) is 1.81. The third-order valence-corrected chi connectivity index (χ3v) is 4.12. The average Bonchev–Trinajstić information content (AvgIpc) is 2.93. The van der Waals surface area contributed by atoms with Crippen molar-refractivity contribution in [2.45, 2.75) is 31.7 Å². The molecule has 1 aromatic rings. The highest BCUT2D eigenvalue weighted by molar-refractivity contribution is 5.85. The van der Waals surface area contributed by atoms with Crippen LogP contribution in [0.5, 0.6) is 0 Å². The highest BCUT2D eigenvalue weighted by Crippen LogP contribution is 2.29. The van der Waals surface area contributed by atoms with Crippen LogP contribution in [0.25, 0.3) is 0 Å². The second-order valence-corrected chi connectivity index (χ2v) is 5.34. The minimum atomic E-state index is 0. The number of carbonyl (C=O) groups excluding carboxylic acids is 1. The first-order valence-electron chi connectivity index (χ1n) is 6.93. The van der Waals surface area contributed by atoms with Crippen LogP contribution in [0.1, 0.15) is 36.4 Å². The first-order valence-corrected chi connectivity index (χ1v) is 6.93. The van der Waals surface area contributed by atoms with E-state index in [1.54, 1.807) is 0 Å². The van der Waals surface area contributed by atoms with E-state index in [-0.39, 0.29) is 30.3 Å². The van der Waals surface area contributed by atoms with Gasteiger partial charge in [0.05, 0.1) is 12.0 Å². The van der Waals surface area contributed by atoms with Crippen molar-refractivity contribution >= 4 is 18.3 Å². The number of amides is 1. The molecule has 1 saturated heterocycles. The van der Waals surface area contributed by atoms with Crippen molar-refractivity contribution < 1.29 is 4.79 Å². The molecule has 1 heterocycles. The van der Waals surface area contributed by atoms with Gasteiger partial charge in [0.2, 0.25) is 5.91 Å². The summed E-state index contributed by atoms with van der Waals surface area (Å²) in [7, 11) is 0.